The molecule has 0 aromatic heterocycles. The average molecular weight is 320 g/mol. The summed E-state index contributed by atoms with van der Waals surface area (Å²) < 4.78 is 0. The SMILES string of the molecule is C=CC(=O)NCc1ccc(-c2ccccc2)cc1/C(N)=C/C=[NH+]C. The number of benzene rings is 2. The van der Waals surface area contributed by atoms with E-state index in [1.807, 2.05) is 49.5 Å². The standard InChI is InChI=1S/C20H21N3O/c1-3-20(24)23-14-17-10-9-16(15-7-5-4-6-8-15)13-18(17)19(21)11-12-22-2/h3-13H,1,14,21H2,2H3,(H,23,24)/p+1/b19-11-,22-12?. The molecule has 24 heavy (non-hydrogen) atoms. The minimum Gasteiger partial charge on any atom is -0.398 e. The van der Waals surface area contributed by atoms with Crippen LogP contribution < -0.4 is 16.0 Å². The van der Waals surface area contributed by atoms with Crippen LogP contribution in [0.5, 0.6) is 0 Å². The molecule has 0 atom stereocenters. The number of nitrogens with two attached hydrogens (primary N) is 1. The van der Waals surface area contributed by atoms with Crippen molar-refractivity contribution in [3.8, 4) is 11.1 Å². The van der Waals surface area contributed by atoms with Crippen LogP contribution in [0, 0.1) is 0 Å². The molecule has 0 unspecified atom stereocenters. The van der Waals surface area contributed by atoms with Gasteiger partial charge in [-0.3, -0.25) is 9.79 Å². The first-order valence-electron chi connectivity index (χ1n) is 7.71. The third kappa shape index (κ3) is 4.43. The Morgan fingerprint density at radius 3 is 2.62 bits per heavy atom. The average Bonchev–Trinajstić information content (AvgIpc) is 2.64. The monoisotopic (exact) mass is 320 g/mol. The van der Waals surface area contributed by atoms with E-state index in [0.717, 1.165) is 22.3 Å². The largest absolute Gasteiger partial charge is 0.398 e. The zero-order valence-corrected chi connectivity index (χ0v) is 13.8. The molecule has 0 aliphatic rings. The Morgan fingerprint density at radius 2 is 1.96 bits per heavy atom. The molecule has 2 rings (SSSR count). The molecule has 0 fully saturated rings. The molecule has 4 N–H and O–H groups in total. The van der Waals surface area contributed by atoms with Gasteiger partial charge in [0, 0.05) is 23.9 Å². The molecule has 2 aromatic rings. The van der Waals surface area contributed by atoms with Crippen LogP contribution in [0.3, 0.4) is 0 Å². The summed E-state index contributed by atoms with van der Waals surface area (Å²) in [5, 5.41) is 2.79. The molecule has 0 aliphatic carbocycles. The van der Waals surface area contributed by atoms with Crippen LogP contribution in [0.15, 0.2) is 67.3 Å². The maximum absolute atomic E-state index is 11.4. The Labute approximate surface area is 142 Å². The van der Waals surface area contributed by atoms with Crippen LogP contribution >= 0.6 is 0 Å². The molecule has 4 nitrogen and oxygen atoms in total. The Hall–Kier alpha value is -3.14. The molecule has 122 valence electrons. The number of carbonyl (C=O) groups excluding carboxylic acids is 1. The molecule has 0 saturated heterocycles. The number of hydrogen-bond acceptors (Lipinski definition) is 2. The van der Waals surface area contributed by atoms with Gasteiger partial charge in [0.15, 0.2) is 6.21 Å². The molecule has 2 aromatic carbocycles. The molecule has 1 amide bonds. The van der Waals surface area contributed by atoms with Crippen molar-refractivity contribution < 1.29 is 9.79 Å². The van der Waals surface area contributed by atoms with Gasteiger partial charge < -0.3 is 11.1 Å². The zero-order chi connectivity index (χ0) is 17.4. The number of rotatable bonds is 6. The second-order valence-corrected chi connectivity index (χ2v) is 5.24. The smallest absolute Gasteiger partial charge is 0.243 e. The number of amides is 1. The first-order chi connectivity index (χ1) is 11.7. The molecule has 0 aliphatic heterocycles. The summed E-state index contributed by atoms with van der Waals surface area (Å²) >= 11 is 0. The third-order valence-electron chi connectivity index (χ3n) is 3.60. The fraction of sp³-hybridized carbons (Fsp3) is 0.100. The minimum atomic E-state index is -0.211. The number of nitrogens with one attached hydrogen (secondary N) is 2. The van der Waals surface area contributed by atoms with E-state index in [4.69, 9.17) is 5.73 Å². The van der Waals surface area contributed by atoms with Crippen molar-refractivity contribution in [2.75, 3.05) is 7.05 Å². The van der Waals surface area contributed by atoms with Gasteiger partial charge in [-0.15, -0.1) is 0 Å². The first-order valence-corrected chi connectivity index (χ1v) is 7.71. The van der Waals surface area contributed by atoms with Crippen LogP contribution in [0.25, 0.3) is 16.8 Å². The van der Waals surface area contributed by atoms with Gasteiger partial charge >= 0.3 is 0 Å². The molecule has 0 spiro atoms. The summed E-state index contributed by atoms with van der Waals surface area (Å²) in [5.74, 6) is -0.211. The van der Waals surface area contributed by atoms with Crippen molar-refractivity contribution in [1.29, 1.82) is 0 Å². The van der Waals surface area contributed by atoms with Gasteiger partial charge in [-0.05, 0) is 28.8 Å². The van der Waals surface area contributed by atoms with Gasteiger partial charge in [0.05, 0.1) is 0 Å². The van der Waals surface area contributed by atoms with Crippen molar-refractivity contribution in [1.82, 2.24) is 5.32 Å². The molecule has 4 heteroatoms. The molecule has 0 bridgehead atoms. The van der Waals surface area contributed by atoms with E-state index in [1.54, 1.807) is 6.21 Å². The Balaban J connectivity index is 2.43. The van der Waals surface area contributed by atoms with E-state index < -0.39 is 0 Å². The molecule has 0 heterocycles. The zero-order valence-electron chi connectivity index (χ0n) is 13.8. The predicted octanol–water partition coefficient (Wildman–Crippen LogP) is 1.24. The summed E-state index contributed by atoms with van der Waals surface area (Å²) in [5.41, 5.74) is 10.9. The lowest BCUT2D eigenvalue weighted by Gasteiger charge is -2.13. The summed E-state index contributed by atoms with van der Waals surface area (Å²) in [7, 11) is 1.81. The van der Waals surface area contributed by atoms with E-state index in [9.17, 15) is 4.79 Å². The highest BCUT2D eigenvalue weighted by molar-refractivity contribution is 5.87. The summed E-state index contributed by atoms with van der Waals surface area (Å²) in [6.07, 6.45) is 4.84. The highest BCUT2D eigenvalue weighted by Crippen LogP contribution is 2.25. The van der Waals surface area contributed by atoms with E-state index in [-0.39, 0.29) is 5.91 Å². The highest BCUT2D eigenvalue weighted by atomic mass is 16.1. The maximum atomic E-state index is 11.4. The Morgan fingerprint density at radius 1 is 1.21 bits per heavy atom. The summed E-state index contributed by atoms with van der Waals surface area (Å²) in [6, 6.07) is 16.2. The van der Waals surface area contributed by atoms with Crippen LogP contribution in [-0.4, -0.2) is 19.2 Å². The maximum Gasteiger partial charge on any atom is 0.243 e. The fourth-order valence-electron chi connectivity index (χ4n) is 2.33. The van der Waals surface area contributed by atoms with Crippen molar-refractivity contribution >= 4 is 17.8 Å². The summed E-state index contributed by atoms with van der Waals surface area (Å²) in [4.78, 5) is 14.4. The van der Waals surface area contributed by atoms with Gasteiger partial charge in [0.2, 0.25) is 5.91 Å². The highest BCUT2D eigenvalue weighted by Gasteiger charge is 2.09. The predicted molar refractivity (Wildman–Crippen MR) is 99.0 cm³/mol. The van der Waals surface area contributed by atoms with Crippen LogP contribution in [0.4, 0.5) is 0 Å². The second kappa shape index (κ2) is 8.48. The van der Waals surface area contributed by atoms with E-state index >= 15 is 0 Å². The Bertz CT molecular complexity index is 777. The first kappa shape index (κ1) is 17.2. The normalized spacial score (nSPS) is 11.5. The number of allylic oxidation sites excluding steroid dienone is 1. The third-order valence-corrected chi connectivity index (χ3v) is 3.60. The van der Waals surface area contributed by atoms with Crippen LogP contribution in [-0.2, 0) is 11.3 Å². The van der Waals surface area contributed by atoms with Crippen LogP contribution in [0.2, 0.25) is 0 Å². The summed E-state index contributed by atoms with van der Waals surface area (Å²) in [6.45, 7) is 3.86. The van der Waals surface area contributed by atoms with Crippen molar-refractivity contribution in [2.45, 2.75) is 6.54 Å². The fourth-order valence-corrected chi connectivity index (χ4v) is 2.33. The number of carbonyl (C=O) groups is 1. The van der Waals surface area contributed by atoms with Crippen LogP contribution in [0.1, 0.15) is 11.1 Å². The van der Waals surface area contributed by atoms with Gasteiger partial charge in [0.1, 0.15) is 7.05 Å². The molecule has 0 saturated carbocycles. The molecular formula is C20H22N3O+. The quantitative estimate of drug-likeness (QED) is 0.554. The minimum absolute atomic E-state index is 0.211. The lowest BCUT2D eigenvalue weighted by atomic mass is 9.97. The van der Waals surface area contributed by atoms with E-state index in [1.165, 1.54) is 6.08 Å². The topological polar surface area (TPSA) is 69.1 Å². The van der Waals surface area contributed by atoms with Crippen molar-refractivity contribution in [2.24, 2.45) is 5.73 Å². The van der Waals surface area contributed by atoms with Gasteiger partial charge in [0.25, 0.3) is 0 Å². The van der Waals surface area contributed by atoms with Crippen molar-refractivity contribution in [3.63, 3.8) is 0 Å². The molecular weight excluding hydrogens is 298 g/mol. The van der Waals surface area contributed by atoms with Crippen molar-refractivity contribution in [3.05, 3.63) is 78.4 Å². The van der Waals surface area contributed by atoms with E-state index in [2.05, 4.69) is 29.0 Å². The van der Waals surface area contributed by atoms with E-state index in [0.29, 0.717) is 12.2 Å². The second-order valence-electron chi connectivity index (χ2n) is 5.24. The lowest BCUT2D eigenvalue weighted by Crippen LogP contribution is -2.62. The molecule has 0 radical (unpaired) electrons. The van der Waals surface area contributed by atoms with Gasteiger partial charge in [-0.2, -0.15) is 0 Å². The van der Waals surface area contributed by atoms with Gasteiger partial charge in [-0.1, -0.05) is 49.0 Å². The lowest BCUT2D eigenvalue weighted by molar-refractivity contribution is -0.413. The van der Waals surface area contributed by atoms with Gasteiger partial charge in [-0.25, -0.2) is 0 Å². The Kier molecular flexibility index (Phi) is 6.08. The number of hydrogen-bond donors (Lipinski definition) is 3.